The lowest BCUT2D eigenvalue weighted by molar-refractivity contribution is 0.826. The van der Waals surface area contributed by atoms with Crippen LogP contribution in [0.4, 0.5) is 0 Å². The Labute approximate surface area is 77.8 Å². The Morgan fingerprint density at radius 1 is 1.50 bits per heavy atom. The normalized spacial score (nSPS) is 10.7. The van der Waals surface area contributed by atoms with Crippen molar-refractivity contribution in [2.24, 2.45) is 0 Å². The van der Waals surface area contributed by atoms with Crippen molar-refractivity contribution in [3.63, 3.8) is 0 Å². The summed E-state index contributed by atoms with van der Waals surface area (Å²) in [6.45, 7) is 4.34. The molecule has 1 rings (SSSR count). The van der Waals surface area contributed by atoms with Crippen molar-refractivity contribution in [2.45, 2.75) is 25.5 Å². The first kappa shape index (κ1) is 9.52. The van der Waals surface area contributed by atoms with E-state index in [1.165, 1.54) is 11.3 Å². The molecule has 0 radical (unpaired) electrons. The quantitative estimate of drug-likeness (QED) is 0.718. The van der Waals surface area contributed by atoms with Gasteiger partial charge in [-0.2, -0.15) is 11.8 Å². The van der Waals surface area contributed by atoms with E-state index in [-0.39, 0.29) is 0 Å². The van der Waals surface area contributed by atoms with Gasteiger partial charge in [-0.15, -0.1) is 0 Å². The van der Waals surface area contributed by atoms with E-state index in [1.807, 2.05) is 6.20 Å². The second-order valence-electron chi connectivity index (χ2n) is 3.01. The summed E-state index contributed by atoms with van der Waals surface area (Å²) in [6, 6.07) is 0. The van der Waals surface area contributed by atoms with Crippen LogP contribution < -0.4 is 0 Å². The second kappa shape index (κ2) is 4.45. The van der Waals surface area contributed by atoms with Crippen LogP contribution in [0.3, 0.4) is 0 Å². The standard InChI is InChI=1S/C9H14N2S/c1-7(2)8-4-10-6-11-9(8)5-12-3/h4,6-7H,5H2,1-3H3. The van der Waals surface area contributed by atoms with Gasteiger partial charge in [0.15, 0.2) is 0 Å². The maximum absolute atomic E-state index is 4.26. The van der Waals surface area contributed by atoms with Crippen LogP contribution in [0, 0.1) is 0 Å². The Bertz CT molecular complexity index is 248. The molecule has 2 nitrogen and oxygen atoms in total. The van der Waals surface area contributed by atoms with E-state index in [1.54, 1.807) is 18.1 Å². The number of aromatic nitrogens is 2. The van der Waals surface area contributed by atoms with E-state index in [2.05, 4.69) is 30.1 Å². The lowest BCUT2D eigenvalue weighted by Gasteiger charge is -2.08. The summed E-state index contributed by atoms with van der Waals surface area (Å²) in [5.74, 6) is 1.50. The minimum absolute atomic E-state index is 0.522. The Kier molecular flexibility index (Phi) is 3.53. The lowest BCUT2D eigenvalue weighted by atomic mass is 10.0. The molecule has 0 saturated heterocycles. The number of hydrogen-bond acceptors (Lipinski definition) is 3. The smallest absolute Gasteiger partial charge is 0.115 e. The van der Waals surface area contributed by atoms with Crippen LogP contribution in [0.25, 0.3) is 0 Å². The molecule has 3 heteroatoms. The zero-order valence-corrected chi connectivity index (χ0v) is 8.56. The van der Waals surface area contributed by atoms with Crippen LogP contribution >= 0.6 is 11.8 Å². The molecule has 1 heterocycles. The van der Waals surface area contributed by atoms with Gasteiger partial charge in [-0.25, -0.2) is 9.97 Å². The Hall–Kier alpha value is -0.570. The molecule has 0 aliphatic carbocycles. The molecule has 0 fully saturated rings. The Balaban J connectivity index is 2.92. The van der Waals surface area contributed by atoms with E-state index in [9.17, 15) is 0 Å². The molecule has 0 saturated carbocycles. The lowest BCUT2D eigenvalue weighted by Crippen LogP contribution is -1.98. The first-order chi connectivity index (χ1) is 5.75. The predicted molar refractivity (Wildman–Crippen MR) is 53.3 cm³/mol. The Morgan fingerprint density at radius 2 is 2.25 bits per heavy atom. The summed E-state index contributed by atoms with van der Waals surface area (Å²) in [4.78, 5) is 8.29. The topological polar surface area (TPSA) is 25.8 Å². The average molecular weight is 182 g/mol. The first-order valence-electron chi connectivity index (χ1n) is 4.03. The molecule has 1 aromatic heterocycles. The summed E-state index contributed by atoms with van der Waals surface area (Å²) in [6.07, 6.45) is 5.63. The summed E-state index contributed by atoms with van der Waals surface area (Å²) in [7, 11) is 0. The van der Waals surface area contributed by atoms with Gasteiger partial charge in [-0.3, -0.25) is 0 Å². The summed E-state index contributed by atoms with van der Waals surface area (Å²) < 4.78 is 0. The van der Waals surface area contributed by atoms with Crippen LogP contribution in [0.15, 0.2) is 12.5 Å². The zero-order valence-electron chi connectivity index (χ0n) is 7.74. The summed E-state index contributed by atoms with van der Waals surface area (Å²) >= 11 is 1.80. The number of rotatable bonds is 3. The van der Waals surface area contributed by atoms with Crippen LogP contribution in [-0.4, -0.2) is 16.2 Å². The molecular formula is C9H14N2S. The van der Waals surface area contributed by atoms with Crippen molar-refractivity contribution < 1.29 is 0 Å². The fourth-order valence-electron chi connectivity index (χ4n) is 1.11. The zero-order chi connectivity index (χ0) is 8.97. The van der Waals surface area contributed by atoms with Crippen molar-refractivity contribution in [2.75, 3.05) is 6.26 Å². The molecule has 12 heavy (non-hydrogen) atoms. The number of thioether (sulfide) groups is 1. The fraction of sp³-hybridized carbons (Fsp3) is 0.556. The van der Waals surface area contributed by atoms with E-state index in [0.29, 0.717) is 5.92 Å². The SMILES string of the molecule is CSCc1ncncc1C(C)C. The maximum atomic E-state index is 4.26. The molecule has 0 spiro atoms. The van der Waals surface area contributed by atoms with E-state index in [0.717, 1.165) is 5.75 Å². The van der Waals surface area contributed by atoms with Crippen molar-refractivity contribution in [1.29, 1.82) is 0 Å². The van der Waals surface area contributed by atoms with Gasteiger partial charge in [0.25, 0.3) is 0 Å². The van der Waals surface area contributed by atoms with E-state index >= 15 is 0 Å². The molecule has 0 amide bonds. The molecule has 0 aromatic carbocycles. The minimum atomic E-state index is 0.522. The first-order valence-corrected chi connectivity index (χ1v) is 5.42. The highest BCUT2D eigenvalue weighted by molar-refractivity contribution is 7.97. The van der Waals surface area contributed by atoms with Gasteiger partial charge in [-0.05, 0) is 17.7 Å². The highest BCUT2D eigenvalue weighted by Gasteiger charge is 2.06. The molecule has 0 aliphatic rings. The predicted octanol–water partition coefficient (Wildman–Crippen LogP) is 2.46. The molecule has 1 aromatic rings. The van der Waals surface area contributed by atoms with Crippen molar-refractivity contribution in [1.82, 2.24) is 9.97 Å². The number of nitrogens with zero attached hydrogens (tertiary/aromatic N) is 2. The third-order valence-corrected chi connectivity index (χ3v) is 2.29. The largest absolute Gasteiger partial charge is 0.245 e. The van der Waals surface area contributed by atoms with Crippen LogP contribution in [0.2, 0.25) is 0 Å². The highest BCUT2D eigenvalue weighted by Crippen LogP contribution is 2.19. The van der Waals surface area contributed by atoms with E-state index in [4.69, 9.17) is 0 Å². The Morgan fingerprint density at radius 3 is 2.83 bits per heavy atom. The van der Waals surface area contributed by atoms with Crippen LogP contribution in [-0.2, 0) is 5.75 Å². The molecule has 0 atom stereocenters. The van der Waals surface area contributed by atoms with Crippen molar-refractivity contribution in [3.8, 4) is 0 Å². The summed E-state index contributed by atoms with van der Waals surface area (Å²) in [5, 5.41) is 0. The summed E-state index contributed by atoms with van der Waals surface area (Å²) in [5.41, 5.74) is 2.44. The molecule has 0 bridgehead atoms. The van der Waals surface area contributed by atoms with Gasteiger partial charge in [0.2, 0.25) is 0 Å². The average Bonchev–Trinajstić information content (AvgIpc) is 2.05. The van der Waals surface area contributed by atoms with Gasteiger partial charge >= 0.3 is 0 Å². The van der Waals surface area contributed by atoms with Gasteiger partial charge in [0.05, 0.1) is 5.69 Å². The molecule has 0 aliphatic heterocycles. The number of hydrogen-bond donors (Lipinski definition) is 0. The van der Waals surface area contributed by atoms with Crippen LogP contribution in [0.5, 0.6) is 0 Å². The fourth-order valence-corrected chi connectivity index (χ4v) is 1.62. The van der Waals surface area contributed by atoms with Gasteiger partial charge in [-0.1, -0.05) is 13.8 Å². The maximum Gasteiger partial charge on any atom is 0.115 e. The molecule has 66 valence electrons. The van der Waals surface area contributed by atoms with Crippen LogP contribution in [0.1, 0.15) is 31.0 Å². The minimum Gasteiger partial charge on any atom is -0.245 e. The monoisotopic (exact) mass is 182 g/mol. The van der Waals surface area contributed by atoms with Gasteiger partial charge < -0.3 is 0 Å². The second-order valence-corrected chi connectivity index (χ2v) is 3.88. The third kappa shape index (κ3) is 2.21. The van der Waals surface area contributed by atoms with Crippen molar-refractivity contribution in [3.05, 3.63) is 23.8 Å². The van der Waals surface area contributed by atoms with Gasteiger partial charge in [0.1, 0.15) is 6.33 Å². The molecular weight excluding hydrogens is 168 g/mol. The van der Waals surface area contributed by atoms with E-state index < -0.39 is 0 Å². The van der Waals surface area contributed by atoms with Gasteiger partial charge in [0, 0.05) is 11.9 Å². The highest BCUT2D eigenvalue weighted by atomic mass is 32.2. The van der Waals surface area contributed by atoms with Crippen molar-refractivity contribution >= 4 is 11.8 Å². The molecule has 0 unspecified atom stereocenters. The third-order valence-electron chi connectivity index (χ3n) is 1.73. The molecule has 0 N–H and O–H groups in total.